The molecule has 0 aliphatic carbocycles. The number of piperidine rings is 1. The average Bonchev–Trinajstić information content (AvgIpc) is 3.15. The van der Waals surface area contributed by atoms with Crippen molar-refractivity contribution in [3.63, 3.8) is 0 Å². The molecule has 2 heterocycles. The average molecular weight is 350 g/mol. The number of aromatic nitrogens is 2. The molecule has 1 atom stereocenters. The molecule has 128 valence electrons. The van der Waals surface area contributed by atoms with Gasteiger partial charge in [0.1, 0.15) is 0 Å². The van der Waals surface area contributed by atoms with Crippen LogP contribution in [0.4, 0.5) is 0 Å². The third-order valence-corrected chi connectivity index (χ3v) is 4.54. The topological polar surface area (TPSA) is 56.6 Å². The minimum atomic E-state index is -0.0605. The summed E-state index contributed by atoms with van der Waals surface area (Å²) in [6.07, 6.45) is 5.65. The van der Waals surface area contributed by atoms with E-state index in [1.54, 1.807) is 18.3 Å². The van der Waals surface area contributed by atoms with Gasteiger partial charge in [0, 0.05) is 31.0 Å². The Balaban J connectivity index is 1.82. The minimum absolute atomic E-state index is 0.0605. The van der Waals surface area contributed by atoms with Gasteiger partial charge in [-0.1, -0.05) is 11.6 Å². The van der Waals surface area contributed by atoms with Crippen molar-refractivity contribution in [2.24, 2.45) is 0 Å². The Morgan fingerprint density at radius 3 is 2.83 bits per heavy atom. The van der Waals surface area contributed by atoms with E-state index in [2.05, 4.69) is 5.10 Å². The Morgan fingerprint density at radius 1 is 1.33 bits per heavy atom. The van der Waals surface area contributed by atoms with Crippen LogP contribution in [0.3, 0.4) is 0 Å². The van der Waals surface area contributed by atoms with Crippen molar-refractivity contribution in [3.05, 3.63) is 41.2 Å². The second-order valence-corrected chi connectivity index (χ2v) is 6.13. The molecule has 1 fully saturated rings. The fourth-order valence-corrected chi connectivity index (χ4v) is 3.36. The lowest BCUT2D eigenvalue weighted by Gasteiger charge is -2.33. The molecule has 2 aromatic rings. The Bertz CT molecular complexity index is 718. The predicted molar refractivity (Wildman–Crippen MR) is 91.0 cm³/mol. The van der Waals surface area contributed by atoms with Crippen LogP contribution in [-0.2, 0) is 0 Å². The summed E-state index contributed by atoms with van der Waals surface area (Å²) >= 11 is 6.22. The van der Waals surface area contributed by atoms with E-state index in [4.69, 9.17) is 21.1 Å². The summed E-state index contributed by atoms with van der Waals surface area (Å²) in [6.45, 7) is 1.36. The van der Waals surface area contributed by atoms with E-state index in [0.29, 0.717) is 28.6 Å². The van der Waals surface area contributed by atoms with Gasteiger partial charge < -0.3 is 14.4 Å². The lowest BCUT2D eigenvalue weighted by atomic mass is 10.0. The number of hydrogen-bond donors (Lipinski definition) is 0. The van der Waals surface area contributed by atoms with E-state index >= 15 is 0 Å². The van der Waals surface area contributed by atoms with Gasteiger partial charge in [0.2, 0.25) is 0 Å². The number of carbonyl (C=O) groups is 1. The summed E-state index contributed by atoms with van der Waals surface area (Å²) < 4.78 is 12.4. The zero-order chi connectivity index (χ0) is 17.1. The summed E-state index contributed by atoms with van der Waals surface area (Å²) in [6, 6.07) is 5.40. The molecule has 0 N–H and O–H groups in total. The van der Waals surface area contributed by atoms with Crippen molar-refractivity contribution in [1.82, 2.24) is 14.7 Å². The molecule has 0 saturated carbocycles. The van der Waals surface area contributed by atoms with Crippen molar-refractivity contribution >= 4 is 17.5 Å². The third-order valence-electron chi connectivity index (χ3n) is 4.26. The minimum Gasteiger partial charge on any atom is -0.493 e. The SMILES string of the molecule is COc1cc(C(=O)N2CCCC(n3cccn3)C2)cc(Cl)c1OC. The molecule has 7 heteroatoms. The number of carbonyl (C=O) groups excluding carboxylic acids is 1. The Morgan fingerprint density at radius 2 is 2.17 bits per heavy atom. The molecule has 1 aromatic heterocycles. The summed E-state index contributed by atoms with van der Waals surface area (Å²) in [5, 5.41) is 4.65. The molecule has 1 unspecified atom stereocenters. The first-order valence-corrected chi connectivity index (χ1v) is 8.21. The molecule has 1 saturated heterocycles. The smallest absolute Gasteiger partial charge is 0.254 e. The highest BCUT2D eigenvalue weighted by Crippen LogP contribution is 2.36. The maximum Gasteiger partial charge on any atom is 0.254 e. The van der Waals surface area contributed by atoms with Crippen molar-refractivity contribution < 1.29 is 14.3 Å². The fourth-order valence-electron chi connectivity index (χ4n) is 3.08. The second kappa shape index (κ2) is 7.13. The molecule has 6 nitrogen and oxygen atoms in total. The highest BCUT2D eigenvalue weighted by atomic mass is 35.5. The molecule has 3 rings (SSSR count). The van der Waals surface area contributed by atoms with Crippen LogP contribution >= 0.6 is 11.6 Å². The first-order valence-electron chi connectivity index (χ1n) is 7.84. The third kappa shape index (κ3) is 3.19. The highest BCUT2D eigenvalue weighted by molar-refractivity contribution is 6.32. The van der Waals surface area contributed by atoms with E-state index in [1.165, 1.54) is 14.2 Å². The molecule has 1 amide bonds. The molecule has 0 radical (unpaired) electrons. The van der Waals surface area contributed by atoms with Crippen LogP contribution in [0, 0.1) is 0 Å². The summed E-state index contributed by atoms with van der Waals surface area (Å²) in [4.78, 5) is 14.7. The Hall–Kier alpha value is -2.21. The lowest BCUT2D eigenvalue weighted by Crippen LogP contribution is -2.40. The van der Waals surface area contributed by atoms with Crippen LogP contribution in [0.2, 0.25) is 5.02 Å². The quantitative estimate of drug-likeness (QED) is 0.851. The standard InChI is InChI=1S/C17H20ClN3O3/c1-23-15-10-12(9-14(18)16(15)24-2)17(22)20-7-3-5-13(11-20)21-8-4-6-19-21/h4,6,8-10,13H,3,5,7,11H2,1-2H3. The molecule has 0 bridgehead atoms. The Kier molecular flexibility index (Phi) is 4.94. The summed E-state index contributed by atoms with van der Waals surface area (Å²) in [5.74, 6) is 0.826. The number of halogens is 1. The van der Waals surface area contributed by atoms with Gasteiger partial charge in [-0.05, 0) is 31.0 Å². The normalized spacial score (nSPS) is 17.6. The van der Waals surface area contributed by atoms with Gasteiger partial charge in [0.15, 0.2) is 11.5 Å². The van der Waals surface area contributed by atoms with Crippen LogP contribution in [0.5, 0.6) is 11.5 Å². The zero-order valence-corrected chi connectivity index (χ0v) is 14.5. The van der Waals surface area contributed by atoms with E-state index < -0.39 is 0 Å². The van der Waals surface area contributed by atoms with Crippen molar-refractivity contribution in [2.45, 2.75) is 18.9 Å². The van der Waals surface area contributed by atoms with Crippen LogP contribution in [0.25, 0.3) is 0 Å². The number of likely N-dealkylation sites (tertiary alicyclic amines) is 1. The molecule has 24 heavy (non-hydrogen) atoms. The fraction of sp³-hybridized carbons (Fsp3) is 0.412. The van der Waals surface area contributed by atoms with E-state index in [0.717, 1.165) is 19.4 Å². The van der Waals surface area contributed by atoms with Gasteiger partial charge >= 0.3 is 0 Å². The van der Waals surface area contributed by atoms with E-state index in [9.17, 15) is 4.79 Å². The van der Waals surface area contributed by atoms with Crippen molar-refractivity contribution in [1.29, 1.82) is 0 Å². The van der Waals surface area contributed by atoms with Gasteiger partial charge in [-0.15, -0.1) is 0 Å². The van der Waals surface area contributed by atoms with Crippen LogP contribution in [0.1, 0.15) is 29.2 Å². The number of nitrogens with zero attached hydrogens (tertiary/aromatic N) is 3. The molecule has 1 aliphatic rings. The van der Waals surface area contributed by atoms with Crippen molar-refractivity contribution in [3.8, 4) is 11.5 Å². The van der Waals surface area contributed by atoms with Gasteiger partial charge in [-0.3, -0.25) is 9.48 Å². The largest absolute Gasteiger partial charge is 0.493 e. The molecule has 1 aliphatic heterocycles. The molecular formula is C17H20ClN3O3. The predicted octanol–water partition coefficient (Wildman–Crippen LogP) is 3.03. The zero-order valence-electron chi connectivity index (χ0n) is 13.7. The van der Waals surface area contributed by atoms with Gasteiger partial charge in [-0.2, -0.15) is 5.10 Å². The number of benzene rings is 1. The number of ether oxygens (including phenoxy) is 2. The maximum absolute atomic E-state index is 12.9. The second-order valence-electron chi connectivity index (χ2n) is 5.73. The first-order chi connectivity index (χ1) is 11.6. The van der Waals surface area contributed by atoms with Crippen LogP contribution in [0.15, 0.2) is 30.6 Å². The lowest BCUT2D eigenvalue weighted by molar-refractivity contribution is 0.0672. The van der Waals surface area contributed by atoms with Crippen molar-refractivity contribution in [2.75, 3.05) is 27.3 Å². The first kappa shape index (κ1) is 16.6. The van der Waals surface area contributed by atoms with Gasteiger partial charge in [-0.25, -0.2) is 0 Å². The van der Waals surface area contributed by atoms with E-state index in [-0.39, 0.29) is 11.9 Å². The summed E-state index contributed by atoms with van der Waals surface area (Å²) in [5.41, 5.74) is 0.499. The van der Waals surface area contributed by atoms with Crippen LogP contribution < -0.4 is 9.47 Å². The monoisotopic (exact) mass is 349 g/mol. The molecule has 0 spiro atoms. The van der Waals surface area contributed by atoms with Gasteiger partial charge in [0.05, 0.1) is 25.3 Å². The number of methoxy groups -OCH3 is 2. The number of amides is 1. The van der Waals surface area contributed by atoms with E-state index in [1.807, 2.05) is 21.8 Å². The maximum atomic E-state index is 12.9. The highest BCUT2D eigenvalue weighted by Gasteiger charge is 2.27. The Labute approximate surface area is 145 Å². The van der Waals surface area contributed by atoms with Crippen LogP contribution in [-0.4, -0.2) is 47.9 Å². The number of rotatable bonds is 4. The molecular weight excluding hydrogens is 330 g/mol. The number of hydrogen-bond acceptors (Lipinski definition) is 4. The molecule has 1 aromatic carbocycles. The summed E-state index contributed by atoms with van der Waals surface area (Å²) in [7, 11) is 3.04. The van der Waals surface area contributed by atoms with Gasteiger partial charge in [0.25, 0.3) is 5.91 Å².